The van der Waals surface area contributed by atoms with Crippen LogP contribution in [-0.4, -0.2) is 19.5 Å². The summed E-state index contributed by atoms with van der Waals surface area (Å²) < 4.78 is 2.11. The van der Waals surface area contributed by atoms with E-state index < -0.39 is 0 Å². The van der Waals surface area contributed by atoms with Gasteiger partial charge in [0, 0.05) is 23.5 Å². The zero-order valence-electron chi connectivity index (χ0n) is 11.2. The molecule has 100 valence electrons. The van der Waals surface area contributed by atoms with Crippen LogP contribution in [0.1, 0.15) is 0 Å². The van der Waals surface area contributed by atoms with E-state index >= 15 is 0 Å². The first-order valence-electron chi connectivity index (χ1n) is 6.72. The number of rotatable bonds is 2. The first-order chi connectivity index (χ1) is 10.4. The summed E-state index contributed by atoms with van der Waals surface area (Å²) in [6.45, 7) is 0. The molecule has 0 aliphatic carbocycles. The quantitative estimate of drug-likeness (QED) is 0.561. The number of hydrogen-bond donors (Lipinski definition) is 0. The van der Waals surface area contributed by atoms with E-state index in [-0.39, 0.29) is 0 Å². The lowest BCUT2D eigenvalue weighted by molar-refractivity contribution is 1.07. The minimum atomic E-state index is 0.886. The molecule has 21 heavy (non-hydrogen) atoms. The van der Waals surface area contributed by atoms with E-state index in [9.17, 15) is 0 Å². The number of pyridine rings is 1. The first-order valence-corrected chi connectivity index (χ1v) is 6.72. The van der Waals surface area contributed by atoms with Crippen LogP contribution in [0.25, 0.3) is 28.1 Å². The van der Waals surface area contributed by atoms with Gasteiger partial charge >= 0.3 is 0 Å². The molecule has 0 saturated heterocycles. The van der Waals surface area contributed by atoms with Gasteiger partial charge in [-0.1, -0.05) is 24.3 Å². The number of aromatic nitrogens is 4. The monoisotopic (exact) mass is 272 g/mol. The van der Waals surface area contributed by atoms with Crippen LogP contribution in [0.15, 0.2) is 73.3 Å². The largest absolute Gasteiger partial charge is 0.292 e. The van der Waals surface area contributed by atoms with Crippen molar-refractivity contribution in [2.75, 3.05) is 0 Å². The molecule has 0 spiro atoms. The maximum Gasteiger partial charge on any atom is 0.148 e. The number of para-hydroxylation sites is 1. The third-order valence-corrected chi connectivity index (χ3v) is 3.41. The molecule has 0 amide bonds. The maximum absolute atomic E-state index is 4.46. The van der Waals surface area contributed by atoms with Crippen LogP contribution in [0, 0.1) is 0 Å². The van der Waals surface area contributed by atoms with Crippen LogP contribution < -0.4 is 0 Å². The highest BCUT2D eigenvalue weighted by molar-refractivity contribution is 5.85. The number of nitrogens with zero attached hydrogens (tertiary/aromatic N) is 4. The second-order valence-corrected chi connectivity index (χ2v) is 4.72. The Kier molecular flexibility index (Phi) is 2.71. The standard InChI is InChI=1S/C17H12N4/c1-2-6-14(7-3-1)21-16(15-8-4-5-9-19-15)10-13-11-18-12-20-17(13)21/h1-12H. The minimum absolute atomic E-state index is 0.886. The molecule has 0 unspecified atom stereocenters. The van der Waals surface area contributed by atoms with Crippen molar-refractivity contribution in [2.24, 2.45) is 0 Å². The predicted octanol–water partition coefficient (Wildman–Crippen LogP) is 3.48. The summed E-state index contributed by atoms with van der Waals surface area (Å²) in [5.41, 5.74) is 3.88. The SMILES string of the molecule is c1ccc(-n2c(-c3ccccn3)cc3cncnc32)cc1. The van der Waals surface area contributed by atoms with Crippen molar-refractivity contribution in [3.63, 3.8) is 0 Å². The molecule has 3 aromatic heterocycles. The molecule has 0 saturated carbocycles. The van der Waals surface area contributed by atoms with Gasteiger partial charge < -0.3 is 0 Å². The zero-order chi connectivity index (χ0) is 14.1. The van der Waals surface area contributed by atoms with Gasteiger partial charge in [0.15, 0.2) is 0 Å². The Hall–Kier alpha value is -3.01. The van der Waals surface area contributed by atoms with Gasteiger partial charge in [0.2, 0.25) is 0 Å². The van der Waals surface area contributed by atoms with Gasteiger partial charge in [0.1, 0.15) is 12.0 Å². The molecule has 0 fully saturated rings. The molecule has 0 radical (unpaired) electrons. The molecule has 4 rings (SSSR count). The van der Waals surface area contributed by atoms with Crippen LogP contribution in [-0.2, 0) is 0 Å². The van der Waals surface area contributed by atoms with Crippen molar-refractivity contribution in [1.82, 2.24) is 19.5 Å². The van der Waals surface area contributed by atoms with Crippen LogP contribution in [0.5, 0.6) is 0 Å². The highest BCUT2D eigenvalue weighted by Gasteiger charge is 2.13. The Balaban J connectivity index is 2.07. The summed E-state index contributed by atoms with van der Waals surface area (Å²) in [4.78, 5) is 13.0. The van der Waals surface area contributed by atoms with E-state index in [2.05, 4.69) is 37.7 Å². The molecule has 0 bridgehead atoms. The van der Waals surface area contributed by atoms with Crippen LogP contribution >= 0.6 is 0 Å². The highest BCUT2D eigenvalue weighted by atomic mass is 15.1. The molecule has 3 heterocycles. The fraction of sp³-hybridized carbons (Fsp3) is 0. The van der Waals surface area contributed by atoms with E-state index in [4.69, 9.17) is 0 Å². The van der Waals surface area contributed by atoms with E-state index in [1.165, 1.54) is 0 Å². The summed E-state index contributed by atoms with van der Waals surface area (Å²) in [6.07, 6.45) is 5.20. The van der Waals surface area contributed by atoms with Crippen molar-refractivity contribution >= 4 is 11.0 Å². The average Bonchev–Trinajstić information content (AvgIpc) is 2.96. The van der Waals surface area contributed by atoms with Gasteiger partial charge in [-0.2, -0.15) is 0 Å². The zero-order valence-corrected chi connectivity index (χ0v) is 11.2. The Morgan fingerprint density at radius 1 is 0.857 bits per heavy atom. The molecule has 0 atom stereocenters. The lowest BCUT2D eigenvalue weighted by Gasteiger charge is -2.09. The molecule has 0 aliphatic rings. The number of hydrogen-bond acceptors (Lipinski definition) is 3. The van der Waals surface area contributed by atoms with Gasteiger partial charge in [-0.25, -0.2) is 9.97 Å². The van der Waals surface area contributed by atoms with Crippen LogP contribution in [0.2, 0.25) is 0 Å². The van der Waals surface area contributed by atoms with Gasteiger partial charge in [0.05, 0.1) is 11.4 Å². The van der Waals surface area contributed by atoms with Crippen molar-refractivity contribution in [3.05, 3.63) is 73.3 Å². The molecule has 4 aromatic rings. The lowest BCUT2D eigenvalue weighted by Crippen LogP contribution is -1.98. The lowest BCUT2D eigenvalue weighted by atomic mass is 10.2. The Bertz CT molecular complexity index is 882. The summed E-state index contributed by atoms with van der Waals surface area (Å²) in [5, 5.41) is 1.00. The van der Waals surface area contributed by atoms with Crippen molar-refractivity contribution < 1.29 is 0 Å². The third kappa shape index (κ3) is 1.97. The number of benzene rings is 1. The molecular formula is C17H12N4. The third-order valence-electron chi connectivity index (χ3n) is 3.41. The summed E-state index contributed by atoms with van der Waals surface area (Å²) >= 11 is 0. The van der Waals surface area contributed by atoms with Crippen molar-refractivity contribution in [1.29, 1.82) is 0 Å². The second-order valence-electron chi connectivity index (χ2n) is 4.72. The molecule has 4 heteroatoms. The summed E-state index contributed by atoms with van der Waals surface area (Å²) in [5.74, 6) is 0. The van der Waals surface area contributed by atoms with E-state index in [0.717, 1.165) is 28.1 Å². The Morgan fingerprint density at radius 2 is 1.71 bits per heavy atom. The maximum atomic E-state index is 4.46. The summed E-state index contributed by atoms with van der Waals surface area (Å²) in [6, 6.07) is 18.1. The smallest absolute Gasteiger partial charge is 0.148 e. The fourth-order valence-corrected chi connectivity index (χ4v) is 2.49. The number of fused-ring (bicyclic) bond motifs is 1. The van der Waals surface area contributed by atoms with Crippen LogP contribution in [0.3, 0.4) is 0 Å². The average molecular weight is 272 g/mol. The molecule has 4 nitrogen and oxygen atoms in total. The van der Waals surface area contributed by atoms with Crippen molar-refractivity contribution in [3.8, 4) is 17.1 Å². The van der Waals surface area contributed by atoms with Gasteiger partial charge in [-0.3, -0.25) is 9.55 Å². The Morgan fingerprint density at radius 3 is 2.52 bits per heavy atom. The van der Waals surface area contributed by atoms with E-state index in [1.54, 1.807) is 12.5 Å². The first kappa shape index (κ1) is 11.8. The minimum Gasteiger partial charge on any atom is -0.292 e. The van der Waals surface area contributed by atoms with Crippen LogP contribution in [0.4, 0.5) is 0 Å². The molecule has 0 N–H and O–H groups in total. The van der Waals surface area contributed by atoms with Crippen molar-refractivity contribution in [2.45, 2.75) is 0 Å². The molecule has 1 aromatic carbocycles. The highest BCUT2D eigenvalue weighted by Crippen LogP contribution is 2.28. The van der Waals surface area contributed by atoms with Gasteiger partial charge in [-0.15, -0.1) is 0 Å². The van der Waals surface area contributed by atoms with E-state index in [1.807, 2.05) is 42.6 Å². The van der Waals surface area contributed by atoms with Gasteiger partial charge in [0.25, 0.3) is 0 Å². The second kappa shape index (κ2) is 4.83. The van der Waals surface area contributed by atoms with E-state index in [0.29, 0.717) is 0 Å². The molecule has 0 aliphatic heterocycles. The Labute approximate surface area is 121 Å². The summed E-state index contributed by atoms with van der Waals surface area (Å²) in [7, 11) is 0. The fourth-order valence-electron chi connectivity index (χ4n) is 2.49. The molecular weight excluding hydrogens is 260 g/mol. The topological polar surface area (TPSA) is 43.6 Å². The predicted molar refractivity (Wildman–Crippen MR) is 82.1 cm³/mol. The normalized spacial score (nSPS) is 10.9. The van der Waals surface area contributed by atoms with Gasteiger partial charge in [-0.05, 0) is 30.3 Å².